The van der Waals surface area contributed by atoms with Gasteiger partial charge in [-0.05, 0) is 55.2 Å². The molecule has 0 spiro atoms. The van der Waals surface area contributed by atoms with E-state index in [1.54, 1.807) is 0 Å². The second-order valence-electron chi connectivity index (χ2n) is 7.35. The summed E-state index contributed by atoms with van der Waals surface area (Å²) in [5.74, 6) is 0.952. The molecule has 0 N–H and O–H groups in total. The van der Waals surface area contributed by atoms with Crippen LogP contribution >= 0.6 is 0 Å². The van der Waals surface area contributed by atoms with Gasteiger partial charge in [0.2, 0.25) is 0 Å². The molecule has 2 aromatic carbocycles. The second kappa shape index (κ2) is 8.77. The minimum Gasteiger partial charge on any atom is -0.494 e. The molecule has 1 fully saturated rings. The molecule has 2 aromatic rings. The summed E-state index contributed by atoms with van der Waals surface area (Å²) in [6.45, 7) is 9.08. The summed E-state index contributed by atoms with van der Waals surface area (Å²) < 4.78 is 11.6. The summed E-state index contributed by atoms with van der Waals surface area (Å²) in [6.07, 6.45) is 2.40. The van der Waals surface area contributed by atoms with Gasteiger partial charge in [-0.3, -0.25) is 4.90 Å². The monoisotopic (exact) mass is 366 g/mol. The van der Waals surface area contributed by atoms with Gasteiger partial charge in [0.05, 0.1) is 19.3 Å². The first-order valence-electron chi connectivity index (χ1n) is 10.2. The molecular formula is C23H30N2O2. The van der Waals surface area contributed by atoms with Crippen LogP contribution < -0.4 is 9.64 Å². The van der Waals surface area contributed by atoms with Crippen LogP contribution in [0.15, 0.2) is 48.5 Å². The number of rotatable bonds is 6. The summed E-state index contributed by atoms with van der Waals surface area (Å²) in [5, 5.41) is 0. The molecule has 1 atom stereocenters. The molecule has 4 rings (SSSR count). The third-order valence-electron chi connectivity index (χ3n) is 5.69. The Bertz CT molecular complexity index is 723. The average Bonchev–Trinajstić information content (AvgIpc) is 2.73. The van der Waals surface area contributed by atoms with E-state index in [4.69, 9.17) is 9.47 Å². The van der Waals surface area contributed by atoms with Crippen molar-refractivity contribution in [1.82, 2.24) is 4.90 Å². The van der Waals surface area contributed by atoms with Crippen LogP contribution in [0.1, 0.15) is 30.6 Å². The van der Waals surface area contributed by atoms with E-state index in [2.05, 4.69) is 58.3 Å². The predicted molar refractivity (Wildman–Crippen MR) is 110 cm³/mol. The average molecular weight is 367 g/mol. The van der Waals surface area contributed by atoms with Gasteiger partial charge in [0.15, 0.2) is 0 Å². The van der Waals surface area contributed by atoms with Crippen LogP contribution in [0, 0.1) is 0 Å². The van der Waals surface area contributed by atoms with Gasteiger partial charge in [0, 0.05) is 38.4 Å². The SMILES string of the molecule is CCOc1ccc(N2CCN(CCC3OCCc4ccccc43)CC2)cc1. The van der Waals surface area contributed by atoms with Crippen LogP contribution in [0.4, 0.5) is 5.69 Å². The Kier molecular flexibility index (Phi) is 5.95. The Morgan fingerprint density at radius 1 is 1.00 bits per heavy atom. The normalized spacial score (nSPS) is 20.3. The van der Waals surface area contributed by atoms with Crippen LogP contribution in [0.5, 0.6) is 5.75 Å². The standard InChI is InChI=1S/C23H30N2O2/c1-2-26-21-9-7-20(8-10-21)25-16-14-24(15-17-25)13-11-23-22-6-4-3-5-19(22)12-18-27-23/h3-10,23H,2,11-18H2,1H3. The van der Waals surface area contributed by atoms with Crippen LogP contribution in [-0.4, -0.2) is 50.8 Å². The zero-order valence-corrected chi connectivity index (χ0v) is 16.3. The predicted octanol–water partition coefficient (Wildman–Crippen LogP) is 3.91. The Hall–Kier alpha value is -2.04. The fourth-order valence-corrected chi connectivity index (χ4v) is 4.17. The maximum atomic E-state index is 6.07. The van der Waals surface area contributed by atoms with Crippen molar-refractivity contribution in [3.05, 3.63) is 59.7 Å². The molecule has 0 aromatic heterocycles. The van der Waals surface area contributed by atoms with Gasteiger partial charge < -0.3 is 14.4 Å². The van der Waals surface area contributed by atoms with Crippen molar-refractivity contribution >= 4 is 5.69 Å². The number of nitrogens with zero attached hydrogens (tertiary/aromatic N) is 2. The summed E-state index contributed by atoms with van der Waals surface area (Å²) in [5.41, 5.74) is 4.16. The van der Waals surface area contributed by atoms with Crippen molar-refractivity contribution in [3.63, 3.8) is 0 Å². The van der Waals surface area contributed by atoms with E-state index in [9.17, 15) is 0 Å². The lowest BCUT2D eigenvalue weighted by atomic mass is 9.95. The number of hydrogen-bond donors (Lipinski definition) is 0. The van der Waals surface area contributed by atoms with E-state index < -0.39 is 0 Å². The van der Waals surface area contributed by atoms with Gasteiger partial charge in [-0.25, -0.2) is 0 Å². The smallest absolute Gasteiger partial charge is 0.119 e. The van der Waals surface area contributed by atoms with Crippen molar-refractivity contribution in [2.24, 2.45) is 0 Å². The topological polar surface area (TPSA) is 24.9 Å². The highest BCUT2D eigenvalue weighted by Crippen LogP contribution is 2.30. The molecule has 2 aliphatic rings. The van der Waals surface area contributed by atoms with Crippen molar-refractivity contribution in [2.75, 3.05) is 50.8 Å². The van der Waals surface area contributed by atoms with Crippen molar-refractivity contribution in [3.8, 4) is 5.75 Å². The fourth-order valence-electron chi connectivity index (χ4n) is 4.17. The minimum absolute atomic E-state index is 0.263. The molecule has 144 valence electrons. The van der Waals surface area contributed by atoms with Gasteiger partial charge in [-0.2, -0.15) is 0 Å². The van der Waals surface area contributed by atoms with Crippen LogP contribution in [0.3, 0.4) is 0 Å². The lowest BCUT2D eigenvalue weighted by Crippen LogP contribution is -2.46. The molecule has 0 amide bonds. The molecule has 27 heavy (non-hydrogen) atoms. The molecule has 4 nitrogen and oxygen atoms in total. The van der Waals surface area contributed by atoms with Gasteiger partial charge in [0.1, 0.15) is 5.75 Å². The maximum Gasteiger partial charge on any atom is 0.119 e. The van der Waals surface area contributed by atoms with Gasteiger partial charge in [-0.1, -0.05) is 24.3 Å². The fraction of sp³-hybridized carbons (Fsp3) is 0.478. The maximum absolute atomic E-state index is 6.07. The molecule has 4 heteroatoms. The number of piperazine rings is 1. The first-order valence-corrected chi connectivity index (χ1v) is 10.2. The molecule has 2 aliphatic heterocycles. The summed E-state index contributed by atoms with van der Waals surface area (Å²) in [4.78, 5) is 5.05. The highest BCUT2D eigenvalue weighted by Gasteiger charge is 2.23. The Morgan fingerprint density at radius 2 is 1.78 bits per heavy atom. The molecule has 0 radical (unpaired) electrons. The van der Waals surface area contributed by atoms with Crippen LogP contribution in [0.2, 0.25) is 0 Å². The van der Waals surface area contributed by atoms with E-state index >= 15 is 0 Å². The summed E-state index contributed by atoms with van der Waals surface area (Å²) in [6, 6.07) is 17.3. The van der Waals surface area contributed by atoms with E-state index in [1.807, 2.05) is 6.92 Å². The molecule has 1 saturated heterocycles. The molecule has 1 unspecified atom stereocenters. The second-order valence-corrected chi connectivity index (χ2v) is 7.35. The first kappa shape index (κ1) is 18.3. The minimum atomic E-state index is 0.263. The van der Waals surface area contributed by atoms with Crippen molar-refractivity contribution < 1.29 is 9.47 Å². The zero-order valence-electron chi connectivity index (χ0n) is 16.3. The molecule has 0 bridgehead atoms. The Labute approximate surface area is 162 Å². The van der Waals surface area contributed by atoms with Crippen molar-refractivity contribution in [2.45, 2.75) is 25.9 Å². The molecule has 0 aliphatic carbocycles. The number of anilines is 1. The summed E-state index contributed by atoms with van der Waals surface area (Å²) >= 11 is 0. The highest BCUT2D eigenvalue weighted by atomic mass is 16.5. The molecular weight excluding hydrogens is 336 g/mol. The number of ether oxygens (including phenoxy) is 2. The van der Waals surface area contributed by atoms with E-state index in [0.717, 1.165) is 57.9 Å². The lowest BCUT2D eigenvalue weighted by molar-refractivity contribution is 0.0289. The van der Waals surface area contributed by atoms with E-state index in [1.165, 1.54) is 16.8 Å². The largest absolute Gasteiger partial charge is 0.494 e. The van der Waals surface area contributed by atoms with Crippen molar-refractivity contribution in [1.29, 1.82) is 0 Å². The third-order valence-corrected chi connectivity index (χ3v) is 5.69. The lowest BCUT2D eigenvalue weighted by Gasteiger charge is -2.37. The highest BCUT2D eigenvalue weighted by molar-refractivity contribution is 5.49. The van der Waals surface area contributed by atoms with Crippen LogP contribution in [0.25, 0.3) is 0 Å². The van der Waals surface area contributed by atoms with Gasteiger partial charge in [0.25, 0.3) is 0 Å². The molecule has 2 heterocycles. The van der Waals surface area contributed by atoms with Gasteiger partial charge in [-0.15, -0.1) is 0 Å². The first-order chi connectivity index (χ1) is 13.3. The zero-order chi connectivity index (χ0) is 18.5. The van der Waals surface area contributed by atoms with E-state index in [-0.39, 0.29) is 6.10 Å². The quantitative estimate of drug-likeness (QED) is 0.774. The molecule has 0 saturated carbocycles. The van der Waals surface area contributed by atoms with Crippen LogP contribution in [-0.2, 0) is 11.2 Å². The van der Waals surface area contributed by atoms with Gasteiger partial charge >= 0.3 is 0 Å². The Morgan fingerprint density at radius 3 is 2.56 bits per heavy atom. The number of hydrogen-bond acceptors (Lipinski definition) is 4. The van der Waals surface area contributed by atoms with E-state index in [0.29, 0.717) is 6.61 Å². The number of fused-ring (bicyclic) bond motifs is 1. The number of benzene rings is 2. The Balaban J connectivity index is 1.26. The third kappa shape index (κ3) is 4.45. The summed E-state index contributed by atoms with van der Waals surface area (Å²) in [7, 11) is 0.